The number of nitrogens with zero attached hydrogens (tertiary/aromatic N) is 4. The lowest BCUT2D eigenvalue weighted by atomic mass is 10.1. The molecule has 7 heteroatoms. The Kier molecular flexibility index (Phi) is 3.18. The number of aromatic nitrogens is 6. The Morgan fingerprint density at radius 2 is 1.88 bits per heavy atom. The number of H-pyrrole nitrogens is 2. The van der Waals surface area contributed by atoms with Crippen LogP contribution in [0.15, 0.2) is 54.9 Å². The van der Waals surface area contributed by atoms with Gasteiger partial charge in [-0.2, -0.15) is 5.10 Å². The van der Waals surface area contributed by atoms with Crippen molar-refractivity contribution in [1.29, 1.82) is 0 Å². The molecule has 0 aliphatic heterocycles. The van der Waals surface area contributed by atoms with E-state index >= 15 is 0 Å². The van der Waals surface area contributed by atoms with E-state index in [1.807, 2.05) is 36.4 Å². The first-order chi connectivity index (χ1) is 12.8. The van der Waals surface area contributed by atoms with Gasteiger partial charge in [0.05, 0.1) is 22.1 Å². The Balaban J connectivity index is 1.57. The van der Waals surface area contributed by atoms with Gasteiger partial charge >= 0.3 is 0 Å². The molecule has 126 valence electrons. The van der Waals surface area contributed by atoms with E-state index in [1.54, 1.807) is 0 Å². The lowest BCUT2D eigenvalue weighted by Crippen LogP contribution is -1.92. The van der Waals surface area contributed by atoms with Crippen LogP contribution in [-0.2, 0) is 6.42 Å². The standard InChI is InChI=1S/C19H15N7/c20-18-16-17(25-26-19(16)22-10-21-18)12-6-7-13-14(9-12)24-15(23-13)8-11-4-2-1-3-5-11/h1-7,9-10H,8H2,(H,23,24)(H3,20,21,22,25,26). The molecule has 2 aromatic carbocycles. The Hall–Kier alpha value is -3.74. The Labute approximate surface area is 148 Å². The fraction of sp³-hybridized carbons (Fsp3) is 0.0526. The van der Waals surface area contributed by atoms with Gasteiger partial charge in [0.1, 0.15) is 18.0 Å². The van der Waals surface area contributed by atoms with Crippen molar-refractivity contribution in [2.45, 2.75) is 6.42 Å². The zero-order chi connectivity index (χ0) is 17.5. The van der Waals surface area contributed by atoms with Crippen LogP contribution >= 0.6 is 0 Å². The number of hydrogen-bond donors (Lipinski definition) is 3. The molecule has 0 radical (unpaired) electrons. The minimum Gasteiger partial charge on any atom is -0.383 e. The van der Waals surface area contributed by atoms with E-state index in [1.165, 1.54) is 11.9 Å². The topological polar surface area (TPSA) is 109 Å². The number of fused-ring (bicyclic) bond motifs is 2. The largest absolute Gasteiger partial charge is 0.383 e. The van der Waals surface area contributed by atoms with Gasteiger partial charge in [-0.05, 0) is 17.7 Å². The van der Waals surface area contributed by atoms with Crippen LogP contribution in [0.25, 0.3) is 33.3 Å². The number of anilines is 1. The smallest absolute Gasteiger partial charge is 0.186 e. The van der Waals surface area contributed by atoms with Crippen LogP contribution < -0.4 is 5.73 Å². The maximum atomic E-state index is 6.01. The predicted octanol–water partition coefficient (Wildman–Crippen LogP) is 3.07. The molecule has 0 spiro atoms. The lowest BCUT2D eigenvalue weighted by Gasteiger charge is -2.00. The molecule has 0 fully saturated rings. The molecule has 0 saturated carbocycles. The number of imidazole rings is 1. The van der Waals surface area contributed by atoms with Crippen molar-refractivity contribution < 1.29 is 0 Å². The summed E-state index contributed by atoms with van der Waals surface area (Å²) >= 11 is 0. The highest BCUT2D eigenvalue weighted by Crippen LogP contribution is 2.30. The molecule has 3 heterocycles. The number of nitrogens with one attached hydrogen (secondary N) is 2. The van der Waals surface area contributed by atoms with Gasteiger partial charge in [-0.1, -0.05) is 36.4 Å². The van der Waals surface area contributed by atoms with Crippen LogP contribution in [0.4, 0.5) is 5.82 Å². The molecule has 5 aromatic rings. The molecule has 4 N–H and O–H groups in total. The summed E-state index contributed by atoms with van der Waals surface area (Å²) in [4.78, 5) is 16.3. The van der Waals surface area contributed by atoms with Gasteiger partial charge in [0.15, 0.2) is 5.65 Å². The molecule has 0 atom stereocenters. The molecule has 7 nitrogen and oxygen atoms in total. The quantitative estimate of drug-likeness (QED) is 0.467. The molecule has 3 aromatic heterocycles. The number of rotatable bonds is 3. The number of benzene rings is 2. The molecule has 5 rings (SSSR count). The van der Waals surface area contributed by atoms with Gasteiger partial charge in [-0.25, -0.2) is 15.0 Å². The van der Waals surface area contributed by atoms with Crippen LogP contribution in [0.2, 0.25) is 0 Å². The fourth-order valence-electron chi connectivity index (χ4n) is 3.18. The molecule has 0 unspecified atom stereocenters. The molecule has 0 aliphatic rings. The second-order valence-electron chi connectivity index (χ2n) is 6.13. The third kappa shape index (κ3) is 2.37. The molecular weight excluding hydrogens is 326 g/mol. The van der Waals surface area contributed by atoms with Gasteiger partial charge < -0.3 is 10.7 Å². The van der Waals surface area contributed by atoms with E-state index in [9.17, 15) is 0 Å². The second-order valence-corrected chi connectivity index (χ2v) is 6.13. The van der Waals surface area contributed by atoms with Gasteiger partial charge in [0, 0.05) is 12.0 Å². The van der Waals surface area contributed by atoms with E-state index in [-0.39, 0.29) is 0 Å². The van der Waals surface area contributed by atoms with Crippen LogP contribution in [-0.4, -0.2) is 30.1 Å². The summed E-state index contributed by atoms with van der Waals surface area (Å²) in [7, 11) is 0. The van der Waals surface area contributed by atoms with Gasteiger partial charge in [-0.15, -0.1) is 0 Å². The molecule has 0 bridgehead atoms. The first kappa shape index (κ1) is 14.6. The van der Waals surface area contributed by atoms with Crippen molar-refractivity contribution in [3.63, 3.8) is 0 Å². The predicted molar refractivity (Wildman–Crippen MR) is 100 cm³/mol. The third-order valence-electron chi connectivity index (χ3n) is 4.41. The summed E-state index contributed by atoms with van der Waals surface area (Å²) in [5, 5.41) is 7.96. The first-order valence-electron chi connectivity index (χ1n) is 8.25. The van der Waals surface area contributed by atoms with E-state index in [0.717, 1.165) is 39.9 Å². The van der Waals surface area contributed by atoms with Crippen molar-refractivity contribution in [2.24, 2.45) is 0 Å². The first-order valence-corrected chi connectivity index (χ1v) is 8.25. The number of nitrogens with two attached hydrogens (primary N) is 1. The van der Waals surface area contributed by atoms with Gasteiger partial charge in [-0.3, -0.25) is 5.10 Å². The van der Waals surface area contributed by atoms with Gasteiger partial charge in [0.2, 0.25) is 0 Å². The highest BCUT2D eigenvalue weighted by Gasteiger charge is 2.13. The normalized spacial score (nSPS) is 11.4. The molecule has 0 saturated heterocycles. The second kappa shape index (κ2) is 5.66. The minimum absolute atomic E-state index is 0.410. The van der Waals surface area contributed by atoms with E-state index in [2.05, 4.69) is 42.3 Å². The van der Waals surface area contributed by atoms with Crippen molar-refractivity contribution in [2.75, 3.05) is 5.73 Å². The van der Waals surface area contributed by atoms with Crippen molar-refractivity contribution in [1.82, 2.24) is 30.1 Å². The SMILES string of the molecule is Nc1ncnc2n[nH]c(-c3ccc4nc(Cc5ccccc5)[nH]c4c3)c12. The van der Waals surface area contributed by atoms with Crippen molar-refractivity contribution in [3.8, 4) is 11.3 Å². The Morgan fingerprint density at radius 3 is 2.77 bits per heavy atom. The minimum atomic E-state index is 0.410. The Bertz CT molecular complexity index is 1220. The maximum absolute atomic E-state index is 6.01. The average molecular weight is 341 g/mol. The Morgan fingerprint density at radius 1 is 1.00 bits per heavy atom. The van der Waals surface area contributed by atoms with Crippen LogP contribution in [0.3, 0.4) is 0 Å². The van der Waals surface area contributed by atoms with Crippen molar-refractivity contribution >= 4 is 27.9 Å². The fourth-order valence-corrected chi connectivity index (χ4v) is 3.18. The zero-order valence-corrected chi connectivity index (χ0v) is 13.8. The van der Waals surface area contributed by atoms with Crippen LogP contribution in [0.5, 0.6) is 0 Å². The summed E-state index contributed by atoms with van der Waals surface area (Å²) < 4.78 is 0. The summed E-state index contributed by atoms with van der Waals surface area (Å²) in [6.07, 6.45) is 2.18. The molecule has 0 aliphatic carbocycles. The van der Waals surface area contributed by atoms with Gasteiger partial charge in [0.25, 0.3) is 0 Å². The summed E-state index contributed by atoms with van der Waals surface area (Å²) in [6.45, 7) is 0. The highest BCUT2D eigenvalue weighted by atomic mass is 15.2. The highest BCUT2D eigenvalue weighted by molar-refractivity contribution is 5.99. The van der Waals surface area contributed by atoms with E-state index in [4.69, 9.17) is 5.73 Å². The zero-order valence-electron chi connectivity index (χ0n) is 13.8. The average Bonchev–Trinajstić information content (AvgIpc) is 3.26. The maximum Gasteiger partial charge on any atom is 0.186 e. The van der Waals surface area contributed by atoms with Crippen LogP contribution in [0, 0.1) is 0 Å². The summed E-state index contributed by atoms with van der Waals surface area (Å²) in [5.41, 5.74) is 11.4. The summed E-state index contributed by atoms with van der Waals surface area (Å²) in [6, 6.07) is 16.3. The number of nitrogen functional groups attached to an aromatic ring is 1. The van der Waals surface area contributed by atoms with E-state index in [0.29, 0.717) is 11.5 Å². The molecular formula is C19H15N7. The third-order valence-corrected chi connectivity index (χ3v) is 4.41. The lowest BCUT2D eigenvalue weighted by molar-refractivity contribution is 1.04. The number of aromatic amines is 2. The molecule has 26 heavy (non-hydrogen) atoms. The number of hydrogen-bond acceptors (Lipinski definition) is 5. The monoisotopic (exact) mass is 341 g/mol. The van der Waals surface area contributed by atoms with Crippen LogP contribution in [0.1, 0.15) is 11.4 Å². The van der Waals surface area contributed by atoms with E-state index < -0.39 is 0 Å². The molecule has 0 amide bonds. The van der Waals surface area contributed by atoms with Crippen molar-refractivity contribution in [3.05, 3.63) is 66.2 Å². The summed E-state index contributed by atoms with van der Waals surface area (Å²) in [5.74, 6) is 1.34.